The number of benzene rings is 1. The first-order valence-corrected chi connectivity index (χ1v) is 4.52. The predicted octanol–water partition coefficient (Wildman–Crippen LogP) is 1.35. The predicted molar refractivity (Wildman–Crippen MR) is 56.8 cm³/mol. The molecule has 0 aliphatic heterocycles. The molecule has 0 spiro atoms. The van der Waals surface area contributed by atoms with Crippen LogP contribution in [0.4, 0.5) is 0 Å². The van der Waals surface area contributed by atoms with E-state index in [0.717, 1.165) is 12.0 Å². The molecular weight excluding hydrogens is 174 g/mol. The molecule has 0 atom stereocenters. The van der Waals surface area contributed by atoms with E-state index in [2.05, 4.69) is 11.2 Å². The molecule has 2 nitrogen and oxygen atoms in total. The Balaban J connectivity index is 2.45. The molecule has 0 saturated carbocycles. The molecule has 0 heterocycles. The van der Waals surface area contributed by atoms with Gasteiger partial charge in [-0.25, -0.2) is 0 Å². The van der Waals surface area contributed by atoms with Crippen LogP contribution in [0, 0.1) is 12.3 Å². The molecule has 0 aliphatic carbocycles. The minimum atomic E-state index is 0.00486. The summed E-state index contributed by atoms with van der Waals surface area (Å²) in [4.78, 5) is 10.6. The summed E-state index contributed by atoms with van der Waals surface area (Å²) in [5, 5.41) is 2.74. The van der Waals surface area contributed by atoms with Crippen LogP contribution < -0.4 is 5.32 Å². The lowest BCUT2D eigenvalue weighted by atomic mass is 10.1. The Morgan fingerprint density at radius 2 is 2.07 bits per heavy atom. The molecule has 0 bridgehead atoms. The molecule has 2 heteroatoms. The molecule has 1 rings (SSSR count). The SMILES string of the molecule is C#Cc1ccc(CCNC(C)=O)cc1. The summed E-state index contributed by atoms with van der Waals surface area (Å²) in [5.74, 6) is 2.56. The number of carbonyl (C=O) groups excluding carboxylic acids is 1. The van der Waals surface area contributed by atoms with Crippen molar-refractivity contribution >= 4 is 5.91 Å². The molecule has 14 heavy (non-hydrogen) atoms. The summed E-state index contributed by atoms with van der Waals surface area (Å²) in [6, 6.07) is 7.78. The Bertz CT molecular complexity index is 346. The van der Waals surface area contributed by atoms with E-state index >= 15 is 0 Å². The monoisotopic (exact) mass is 187 g/mol. The highest BCUT2D eigenvalue weighted by atomic mass is 16.1. The van der Waals surface area contributed by atoms with E-state index in [0.29, 0.717) is 6.54 Å². The van der Waals surface area contributed by atoms with Gasteiger partial charge in [0.25, 0.3) is 0 Å². The molecule has 0 saturated heterocycles. The van der Waals surface area contributed by atoms with Crippen LogP contribution in [0.3, 0.4) is 0 Å². The van der Waals surface area contributed by atoms with Gasteiger partial charge in [-0.2, -0.15) is 0 Å². The summed E-state index contributed by atoms with van der Waals surface area (Å²) >= 11 is 0. The van der Waals surface area contributed by atoms with E-state index < -0.39 is 0 Å². The summed E-state index contributed by atoms with van der Waals surface area (Å²) < 4.78 is 0. The van der Waals surface area contributed by atoms with Gasteiger partial charge in [0.2, 0.25) is 5.91 Å². The lowest BCUT2D eigenvalue weighted by molar-refractivity contribution is -0.118. The van der Waals surface area contributed by atoms with E-state index in [1.807, 2.05) is 24.3 Å². The third-order valence-corrected chi connectivity index (χ3v) is 1.91. The first kappa shape index (κ1) is 10.3. The van der Waals surface area contributed by atoms with Gasteiger partial charge >= 0.3 is 0 Å². The van der Waals surface area contributed by atoms with Crippen molar-refractivity contribution in [3.8, 4) is 12.3 Å². The van der Waals surface area contributed by atoms with E-state index in [4.69, 9.17) is 6.42 Å². The van der Waals surface area contributed by atoms with Crippen molar-refractivity contribution in [3.63, 3.8) is 0 Å². The summed E-state index contributed by atoms with van der Waals surface area (Å²) in [6.07, 6.45) is 6.07. The van der Waals surface area contributed by atoms with Gasteiger partial charge in [-0.05, 0) is 24.1 Å². The van der Waals surface area contributed by atoms with Gasteiger partial charge in [-0.1, -0.05) is 18.1 Å². The van der Waals surface area contributed by atoms with Crippen molar-refractivity contribution in [1.82, 2.24) is 5.32 Å². The van der Waals surface area contributed by atoms with E-state index in [-0.39, 0.29) is 5.91 Å². The number of amides is 1. The first-order chi connectivity index (χ1) is 6.72. The fourth-order valence-electron chi connectivity index (χ4n) is 1.15. The molecule has 72 valence electrons. The summed E-state index contributed by atoms with van der Waals surface area (Å²) in [6.45, 7) is 2.19. The molecule has 0 unspecified atom stereocenters. The zero-order chi connectivity index (χ0) is 10.4. The van der Waals surface area contributed by atoms with E-state index in [1.54, 1.807) is 0 Å². The number of rotatable bonds is 3. The third-order valence-electron chi connectivity index (χ3n) is 1.91. The third kappa shape index (κ3) is 3.32. The Labute approximate surface area is 84.3 Å². The molecule has 0 radical (unpaired) electrons. The summed E-state index contributed by atoms with van der Waals surface area (Å²) in [5.41, 5.74) is 2.06. The van der Waals surface area contributed by atoms with Crippen LogP contribution in [-0.2, 0) is 11.2 Å². The maximum Gasteiger partial charge on any atom is 0.216 e. The standard InChI is InChI=1S/C12H13NO/c1-3-11-4-6-12(7-5-11)8-9-13-10(2)14/h1,4-7H,8-9H2,2H3,(H,13,14). The van der Waals surface area contributed by atoms with Crippen molar-refractivity contribution in [1.29, 1.82) is 0 Å². The number of hydrogen-bond donors (Lipinski definition) is 1. The maximum absolute atomic E-state index is 10.6. The first-order valence-electron chi connectivity index (χ1n) is 4.52. The second-order valence-electron chi connectivity index (χ2n) is 3.07. The zero-order valence-electron chi connectivity index (χ0n) is 8.21. The van der Waals surface area contributed by atoms with Crippen LogP contribution in [0.5, 0.6) is 0 Å². The van der Waals surface area contributed by atoms with Gasteiger partial charge in [-0.3, -0.25) is 4.79 Å². The van der Waals surface area contributed by atoms with Gasteiger partial charge < -0.3 is 5.32 Å². The fraction of sp³-hybridized carbons (Fsp3) is 0.250. The molecule has 1 aromatic rings. The van der Waals surface area contributed by atoms with Gasteiger partial charge in [0.05, 0.1) is 0 Å². The highest BCUT2D eigenvalue weighted by Crippen LogP contribution is 2.03. The topological polar surface area (TPSA) is 29.1 Å². The van der Waals surface area contributed by atoms with Gasteiger partial charge in [0.15, 0.2) is 0 Å². The smallest absolute Gasteiger partial charge is 0.216 e. The molecule has 1 amide bonds. The largest absolute Gasteiger partial charge is 0.356 e. The van der Waals surface area contributed by atoms with Crippen LogP contribution in [0.2, 0.25) is 0 Å². The maximum atomic E-state index is 10.6. The normalized spacial score (nSPS) is 9.14. The van der Waals surface area contributed by atoms with Crippen molar-refractivity contribution in [2.24, 2.45) is 0 Å². The van der Waals surface area contributed by atoms with Crippen LogP contribution in [0.15, 0.2) is 24.3 Å². The minimum Gasteiger partial charge on any atom is -0.356 e. The van der Waals surface area contributed by atoms with Gasteiger partial charge in [-0.15, -0.1) is 6.42 Å². The molecule has 1 N–H and O–H groups in total. The van der Waals surface area contributed by atoms with Crippen molar-refractivity contribution in [2.45, 2.75) is 13.3 Å². The minimum absolute atomic E-state index is 0.00486. The second-order valence-corrected chi connectivity index (χ2v) is 3.07. The highest BCUT2D eigenvalue weighted by molar-refractivity contribution is 5.72. The lowest BCUT2D eigenvalue weighted by Crippen LogP contribution is -2.22. The fourth-order valence-corrected chi connectivity index (χ4v) is 1.15. The van der Waals surface area contributed by atoms with Crippen molar-refractivity contribution in [3.05, 3.63) is 35.4 Å². The number of nitrogens with one attached hydrogen (secondary N) is 1. The Morgan fingerprint density at radius 3 is 2.57 bits per heavy atom. The molecule has 0 fully saturated rings. The van der Waals surface area contributed by atoms with Crippen LogP contribution >= 0.6 is 0 Å². The number of terminal acetylenes is 1. The number of carbonyl (C=O) groups is 1. The average molecular weight is 187 g/mol. The van der Waals surface area contributed by atoms with Gasteiger partial charge in [0, 0.05) is 19.0 Å². The average Bonchev–Trinajstić information content (AvgIpc) is 2.18. The molecule has 1 aromatic carbocycles. The van der Waals surface area contributed by atoms with E-state index in [9.17, 15) is 4.79 Å². The zero-order valence-corrected chi connectivity index (χ0v) is 8.21. The summed E-state index contributed by atoms with van der Waals surface area (Å²) in [7, 11) is 0. The Kier molecular flexibility index (Phi) is 3.75. The van der Waals surface area contributed by atoms with E-state index in [1.165, 1.54) is 12.5 Å². The molecule has 0 aromatic heterocycles. The van der Waals surface area contributed by atoms with Gasteiger partial charge in [0.1, 0.15) is 0 Å². The number of hydrogen-bond acceptors (Lipinski definition) is 1. The molecule has 0 aliphatic rings. The second kappa shape index (κ2) is 5.08. The van der Waals surface area contributed by atoms with Crippen molar-refractivity contribution in [2.75, 3.05) is 6.54 Å². The lowest BCUT2D eigenvalue weighted by Gasteiger charge is -2.02. The molecular formula is C12H13NO. The van der Waals surface area contributed by atoms with Crippen LogP contribution in [-0.4, -0.2) is 12.5 Å². The van der Waals surface area contributed by atoms with Crippen LogP contribution in [0.25, 0.3) is 0 Å². The van der Waals surface area contributed by atoms with Crippen LogP contribution in [0.1, 0.15) is 18.1 Å². The quantitative estimate of drug-likeness (QED) is 0.711. The Hall–Kier alpha value is -1.75. The Morgan fingerprint density at radius 1 is 1.43 bits per heavy atom. The highest BCUT2D eigenvalue weighted by Gasteiger charge is 1.94. The van der Waals surface area contributed by atoms with Crippen molar-refractivity contribution < 1.29 is 4.79 Å².